The molecule has 7 nitrogen and oxygen atoms in total. The van der Waals surface area contributed by atoms with Crippen molar-refractivity contribution in [2.24, 2.45) is 0 Å². The number of hydrogen-bond acceptors (Lipinski definition) is 7. The summed E-state index contributed by atoms with van der Waals surface area (Å²) >= 11 is 2.84. The minimum Gasteiger partial charge on any atom is -0.368 e. The molecule has 2 amide bonds. The van der Waals surface area contributed by atoms with Crippen LogP contribution >= 0.6 is 23.1 Å². The first-order valence-electron chi connectivity index (χ1n) is 10.1. The number of piperazine rings is 1. The van der Waals surface area contributed by atoms with Gasteiger partial charge in [0, 0.05) is 43.1 Å². The van der Waals surface area contributed by atoms with Gasteiger partial charge in [0.05, 0.1) is 5.75 Å². The smallest absolute Gasteiger partial charge is 0.253 e. The van der Waals surface area contributed by atoms with Gasteiger partial charge in [0.1, 0.15) is 10.8 Å². The van der Waals surface area contributed by atoms with Crippen LogP contribution in [0.5, 0.6) is 0 Å². The molecule has 2 aromatic carbocycles. The number of anilines is 2. The van der Waals surface area contributed by atoms with Gasteiger partial charge in [-0.1, -0.05) is 23.1 Å². The first-order chi connectivity index (χ1) is 15.5. The van der Waals surface area contributed by atoms with E-state index in [1.807, 2.05) is 31.2 Å². The van der Waals surface area contributed by atoms with E-state index in [2.05, 4.69) is 20.4 Å². The lowest BCUT2D eigenvalue weighted by Gasteiger charge is -2.36. The van der Waals surface area contributed by atoms with Crippen molar-refractivity contribution in [2.45, 2.75) is 11.3 Å². The van der Waals surface area contributed by atoms with Crippen molar-refractivity contribution in [3.63, 3.8) is 0 Å². The average Bonchev–Trinajstić information content (AvgIpc) is 3.23. The number of carbonyl (C=O) groups excluding carboxylic acids is 2. The van der Waals surface area contributed by atoms with E-state index in [0.717, 1.165) is 20.7 Å². The summed E-state index contributed by atoms with van der Waals surface area (Å²) in [5.41, 5.74) is 2.27. The van der Waals surface area contributed by atoms with Crippen LogP contribution in [0.3, 0.4) is 0 Å². The molecule has 1 aromatic heterocycles. The number of thioether (sulfide) groups is 1. The first kappa shape index (κ1) is 22.2. The standard InChI is InChI=1S/C22H22FN5O2S2/c1-15-25-26-22(32-15)31-14-20(29)24-18-6-8-19(9-7-18)27-10-12-28(13-11-27)21(30)16-2-4-17(23)5-3-16/h2-9H,10-14H2,1H3,(H,24,29). The predicted octanol–water partition coefficient (Wildman–Crippen LogP) is 3.68. The molecular formula is C22H22FN5O2S2. The Morgan fingerprint density at radius 1 is 1.03 bits per heavy atom. The highest BCUT2D eigenvalue weighted by Gasteiger charge is 2.22. The van der Waals surface area contributed by atoms with Gasteiger partial charge in [-0.25, -0.2) is 4.39 Å². The second-order valence-electron chi connectivity index (χ2n) is 7.26. The first-order valence-corrected chi connectivity index (χ1v) is 11.9. The highest BCUT2D eigenvalue weighted by atomic mass is 32.2. The molecule has 166 valence electrons. The van der Waals surface area contributed by atoms with Crippen LogP contribution in [0.25, 0.3) is 0 Å². The van der Waals surface area contributed by atoms with Gasteiger partial charge in [0.2, 0.25) is 5.91 Å². The number of aryl methyl sites for hydroxylation is 1. The number of amides is 2. The van der Waals surface area contributed by atoms with Gasteiger partial charge >= 0.3 is 0 Å². The Morgan fingerprint density at radius 3 is 2.34 bits per heavy atom. The van der Waals surface area contributed by atoms with Crippen LogP contribution in [-0.4, -0.2) is 58.8 Å². The molecule has 0 saturated carbocycles. The molecule has 1 N–H and O–H groups in total. The zero-order valence-electron chi connectivity index (χ0n) is 17.5. The van der Waals surface area contributed by atoms with E-state index in [1.165, 1.54) is 47.4 Å². The number of rotatable bonds is 6. The maximum atomic E-state index is 13.1. The molecule has 0 radical (unpaired) electrons. The predicted molar refractivity (Wildman–Crippen MR) is 125 cm³/mol. The van der Waals surface area contributed by atoms with Crippen molar-refractivity contribution in [1.29, 1.82) is 0 Å². The largest absolute Gasteiger partial charge is 0.368 e. The minimum absolute atomic E-state index is 0.0794. The van der Waals surface area contributed by atoms with Gasteiger partial charge in [0.15, 0.2) is 4.34 Å². The molecule has 1 saturated heterocycles. The van der Waals surface area contributed by atoms with Crippen LogP contribution in [0, 0.1) is 12.7 Å². The maximum Gasteiger partial charge on any atom is 0.253 e. The Balaban J connectivity index is 1.26. The van der Waals surface area contributed by atoms with Gasteiger partial charge < -0.3 is 15.1 Å². The summed E-state index contributed by atoms with van der Waals surface area (Å²) in [6, 6.07) is 13.3. The summed E-state index contributed by atoms with van der Waals surface area (Å²) in [6.07, 6.45) is 0. The minimum atomic E-state index is -0.350. The number of halogens is 1. The highest BCUT2D eigenvalue weighted by Crippen LogP contribution is 2.23. The van der Waals surface area contributed by atoms with Crippen LogP contribution in [-0.2, 0) is 4.79 Å². The van der Waals surface area contributed by atoms with Gasteiger partial charge in [-0.2, -0.15) is 0 Å². The van der Waals surface area contributed by atoms with E-state index < -0.39 is 0 Å². The lowest BCUT2D eigenvalue weighted by Crippen LogP contribution is -2.48. The third kappa shape index (κ3) is 5.63. The molecule has 1 aliphatic heterocycles. The van der Waals surface area contributed by atoms with Crippen LogP contribution in [0.4, 0.5) is 15.8 Å². The fourth-order valence-electron chi connectivity index (χ4n) is 3.36. The third-order valence-corrected chi connectivity index (χ3v) is 6.98. The van der Waals surface area contributed by atoms with Crippen molar-refractivity contribution < 1.29 is 14.0 Å². The van der Waals surface area contributed by atoms with Crippen molar-refractivity contribution in [3.8, 4) is 0 Å². The fraction of sp³-hybridized carbons (Fsp3) is 0.273. The van der Waals surface area contributed by atoms with Crippen molar-refractivity contribution in [1.82, 2.24) is 15.1 Å². The number of aromatic nitrogens is 2. The number of hydrogen-bond donors (Lipinski definition) is 1. The van der Waals surface area contributed by atoms with Crippen molar-refractivity contribution >= 4 is 46.3 Å². The second-order valence-corrected chi connectivity index (χ2v) is 9.66. The zero-order chi connectivity index (χ0) is 22.5. The van der Waals surface area contributed by atoms with E-state index in [4.69, 9.17) is 0 Å². The Hall–Kier alpha value is -2.98. The summed E-state index contributed by atoms with van der Waals surface area (Å²) in [4.78, 5) is 28.7. The zero-order valence-corrected chi connectivity index (χ0v) is 19.1. The summed E-state index contributed by atoms with van der Waals surface area (Å²) in [6.45, 7) is 4.48. The summed E-state index contributed by atoms with van der Waals surface area (Å²) in [5.74, 6) is -0.245. The lowest BCUT2D eigenvalue weighted by molar-refractivity contribution is -0.113. The van der Waals surface area contributed by atoms with Crippen LogP contribution < -0.4 is 10.2 Å². The van der Waals surface area contributed by atoms with E-state index in [-0.39, 0.29) is 23.4 Å². The normalized spacial score (nSPS) is 13.8. The third-order valence-electron chi connectivity index (χ3n) is 5.01. The van der Waals surface area contributed by atoms with Gasteiger partial charge in [-0.3, -0.25) is 9.59 Å². The average molecular weight is 472 g/mol. The molecule has 2 heterocycles. The molecule has 10 heteroatoms. The van der Waals surface area contributed by atoms with Gasteiger partial charge in [0.25, 0.3) is 5.91 Å². The number of carbonyl (C=O) groups is 2. The molecule has 0 aliphatic carbocycles. The fourth-order valence-corrected chi connectivity index (χ4v) is 4.98. The van der Waals surface area contributed by atoms with Crippen LogP contribution in [0.2, 0.25) is 0 Å². The number of benzene rings is 2. The highest BCUT2D eigenvalue weighted by molar-refractivity contribution is 8.01. The summed E-state index contributed by atoms with van der Waals surface area (Å²) < 4.78 is 13.9. The van der Waals surface area contributed by atoms with E-state index >= 15 is 0 Å². The second kappa shape index (κ2) is 10.1. The van der Waals surface area contributed by atoms with E-state index in [0.29, 0.717) is 31.7 Å². The summed E-state index contributed by atoms with van der Waals surface area (Å²) in [5, 5.41) is 11.7. The number of nitrogens with one attached hydrogen (secondary N) is 1. The number of nitrogens with zero attached hydrogens (tertiary/aromatic N) is 4. The van der Waals surface area contributed by atoms with Gasteiger partial charge in [-0.15, -0.1) is 10.2 Å². The quantitative estimate of drug-likeness (QED) is 0.553. The van der Waals surface area contributed by atoms with Crippen LogP contribution in [0.15, 0.2) is 52.9 Å². The molecule has 0 bridgehead atoms. The maximum absolute atomic E-state index is 13.1. The van der Waals surface area contributed by atoms with Crippen molar-refractivity contribution in [3.05, 3.63) is 64.9 Å². The molecule has 0 unspecified atom stereocenters. The Labute approximate surface area is 193 Å². The van der Waals surface area contributed by atoms with E-state index in [9.17, 15) is 14.0 Å². The SMILES string of the molecule is Cc1nnc(SCC(=O)Nc2ccc(N3CCN(C(=O)c4ccc(F)cc4)CC3)cc2)s1. The monoisotopic (exact) mass is 471 g/mol. The molecular weight excluding hydrogens is 449 g/mol. The molecule has 0 atom stereocenters. The Kier molecular flexibility index (Phi) is 7.01. The lowest BCUT2D eigenvalue weighted by atomic mass is 10.1. The Morgan fingerprint density at radius 2 is 1.72 bits per heavy atom. The molecule has 32 heavy (non-hydrogen) atoms. The molecule has 4 rings (SSSR count). The Bertz CT molecular complexity index is 1080. The molecule has 3 aromatic rings. The molecule has 1 aliphatic rings. The van der Waals surface area contributed by atoms with Gasteiger partial charge in [-0.05, 0) is 55.5 Å². The molecule has 0 spiro atoms. The summed E-state index contributed by atoms with van der Waals surface area (Å²) in [7, 11) is 0. The van der Waals surface area contributed by atoms with E-state index in [1.54, 1.807) is 4.90 Å². The van der Waals surface area contributed by atoms with Crippen LogP contribution in [0.1, 0.15) is 15.4 Å². The van der Waals surface area contributed by atoms with Crippen molar-refractivity contribution in [2.75, 3.05) is 42.1 Å². The molecule has 1 fully saturated rings. The topological polar surface area (TPSA) is 78.4 Å².